The van der Waals surface area contributed by atoms with Gasteiger partial charge < -0.3 is 10.1 Å². The largest absolute Gasteiger partial charge is 0.497 e. The minimum absolute atomic E-state index is 0.451. The Morgan fingerprint density at radius 3 is 2.56 bits per heavy atom. The number of nitrogens with one attached hydrogen (secondary N) is 1. The molecule has 0 aliphatic rings. The molecule has 0 radical (unpaired) electrons. The Bertz CT molecular complexity index is 450. The summed E-state index contributed by atoms with van der Waals surface area (Å²) in [5.41, 5.74) is 1.28. The third-order valence-corrected chi connectivity index (χ3v) is 3.99. The standard InChI is InChI=1S/C15H19NOS/c1-3-14(15-5-4-10-18-15)16-11-12-6-8-13(17-2)9-7-12/h4-10,14,16H,3,11H2,1-2H3. The average Bonchev–Trinajstić information content (AvgIpc) is 2.94. The number of benzene rings is 1. The predicted molar refractivity (Wildman–Crippen MR) is 77.2 cm³/mol. The third kappa shape index (κ3) is 3.34. The number of rotatable bonds is 6. The number of hydrogen-bond acceptors (Lipinski definition) is 3. The molecule has 1 heterocycles. The van der Waals surface area contributed by atoms with Crippen LogP contribution in [-0.4, -0.2) is 7.11 Å². The molecule has 0 saturated carbocycles. The van der Waals surface area contributed by atoms with Crippen molar-refractivity contribution in [1.29, 1.82) is 0 Å². The van der Waals surface area contributed by atoms with Gasteiger partial charge in [0.15, 0.2) is 0 Å². The van der Waals surface area contributed by atoms with Crippen molar-refractivity contribution in [2.24, 2.45) is 0 Å². The van der Waals surface area contributed by atoms with Crippen LogP contribution in [0.1, 0.15) is 29.8 Å². The molecule has 18 heavy (non-hydrogen) atoms. The van der Waals surface area contributed by atoms with Crippen LogP contribution in [0.25, 0.3) is 0 Å². The van der Waals surface area contributed by atoms with Crippen LogP contribution in [0.2, 0.25) is 0 Å². The van der Waals surface area contributed by atoms with Crippen LogP contribution in [0.3, 0.4) is 0 Å². The molecule has 1 unspecified atom stereocenters. The van der Waals surface area contributed by atoms with Gasteiger partial charge in [-0.3, -0.25) is 0 Å². The van der Waals surface area contributed by atoms with E-state index in [1.807, 2.05) is 23.5 Å². The summed E-state index contributed by atoms with van der Waals surface area (Å²) < 4.78 is 5.16. The van der Waals surface area contributed by atoms with Crippen molar-refractivity contribution in [3.63, 3.8) is 0 Å². The lowest BCUT2D eigenvalue weighted by Crippen LogP contribution is -2.19. The van der Waals surface area contributed by atoms with Gasteiger partial charge in [-0.2, -0.15) is 0 Å². The molecule has 1 atom stereocenters. The number of hydrogen-bond donors (Lipinski definition) is 1. The maximum absolute atomic E-state index is 5.16. The molecule has 2 aromatic rings. The highest BCUT2D eigenvalue weighted by atomic mass is 32.1. The molecule has 0 fully saturated rings. The molecule has 96 valence electrons. The molecule has 1 aromatic heterocycles. The van der Waals surface area contributed by atoms with Gasteiger partial charge in [0.05, 0.1) is 7.11 Å². The van der Waals surface area contributed by atoms with Crippen LogP contribution >= 0.6 is 11.3 Å². The zero-order chi connectivity index (χ0) is 12.8. The zero-order valence-corrected chi connectivity index (χ0v) is 11.7. The maximum Gasteiger partial charge on any atom is 0.118 e. The summed E-state index contributed by atoms with van der Waals surface area (Å²) in [5, 5.41) is 5.73. The molecule has 3 heteroatoms. The highest BCUT2D eigenvalue weighted by Crippen LogP contribution is 2.22. The van der Waals surface area contributed by atoms with E-state index in [1.54, 1.807) is 7.11 Å². The Morgan fingerprint density at radius 2 is 2.00 bits per heavy atom. The lowest BCUT2D eigenvalue weighted by molar-refractivity contribution is 0.414. The molecule has 0 bridgehead atoms. The smallest absolute Gasteiger partial charge is 0.118 e. The summed E-state index contributed by atoms with van der Waals surface area (Å²) in [6.45, 7) is 3.10. The first-order chi connectivity index (χ1) is 8.83. The van der Waals surface area contributed by atoms with Gasteiger partial charge in [0.2, 0.25) is 0 Å². The second-order valence-electron chi connectivity index (χ2n) is 4.21. The maximum atomic E-state index is 5.16. The Balaban J connectivity index is 1.93. The van der Waals surface area contributed by atoms with E-state index in [0.717, 1.165) is 18.7 Å². The van der Waals surface area contributed by atoms with Crippen molar-refractivity contribution in [2.45, 2.75) is 25.9 Å². The molecule has 1 aromatic carbocycles. The predicted octanol–water partition coefficient (Wildman–Crippen LogP) is 4.00. The lowest BCUT2D eigenvalue weighted by Gasteiger charge is -2.15. The van der Waals surface area contributed by atoms with Crippen molar-refractivity contribution in [2.75, 3.05) is 7.11 Å². The summed E-state index contributed by atoms with van der Waals surface area (Å²) >= 11 is 1.81. The van der Waals surface area contributed by atoms with Gasteiger partial charge in [-0.05, 0) is 35.6 Å². The summed E-state index contributed by atoms with van der Waals surface area (Å²) in [6, 6.07) is 13.0. The fraction of sp³-hybridized carbons (Fsp3) is 0.333. The minimum Gasteiger partial charge on any atom is -0.497 e. The monoisotopic (exact) mass is 261 g/mol. The first-order valence-corrected chi connectivity index (χ1v) is 7.11. The third-order valence-electron chi connectivity index (χ3n) is 3.01. The number of ether oxygens (including phenoxy) is 1. The van der Waals surface area contributed by atoms with Crippen LogP contribution in [0, 0.1) is 0 Å². The van der Waals surface area contributed by atoms with E-state index >= 15 is 0 Å². The highest BCUT2D eigenvalue weighted by molar-refractivity contribution is 7.10. The lowest BCUT2D eigenvalue weighted by atomic mass is 10.1. The van der Waals surface area contributed by atoms with Crippen LogP contribution in [0.15, 0.2) is 41.8 Å². The van der Waals surface area contributed by atoms with Crippen LogP contribution in [0.5, 0.6) is 5.75 Å². The van der Waals surface area contributed by atoms with E-state index in [1.165, 1.54) is 10.4 Å². The van der Waals surface area contributed by atoms with Gasteiger partial charge in [0.25, 0.3) is 0 Å². The topological polar surface area (TPSA) is 21.3 Å². The van der Waals surface area contributed by atoms with Gasteiger partial charge in [-0.15, -0.1) is 11.3 Å². The fourth-order valence-corrected chi connectivity index (χ4v) is 2.81. The zero-order valence-electron chi connectivity index (χ0n) is 10.8. The summed E-state index contributed by atoms with van der Waals surface area (Å²) in [4.78, 5) is 1.41. The normalized spacial score (nSPS) is 12.3. The SMILES string of the molecule is CCC(NCc1ccc(OC)cc1)c1cccs1. The van der Waals surface area contributed by atoms with Crippen molar-refractivity contribution in [1.82, 2.24) is 5.32 Å². The summed E-state index contributed by atoms with van der Waals surface area (Å²) in [6.07, 6.45) is 1.11. The molecule has 0 aliphatic heterocycles. The van der Waals surface area contributed by atoms with Crippen LogP contribution in [-0.2, 0) is 6.54 Å². The molecule has 0 amide bonds. The number of thiophene rings is 1. The minimum atomic E-state index is 0.451. The Labute approximate surface area is 113 Å². The van der Waals surface area contributed by atoms with E-state index < -0.39 is 0 Å². The second kappa shape index (κ2) is 6.57. The quantitative estimate of drug-likeness (QED) is 0.848. The Morgan fingerprint density at radius 1 is 1.22 bits per heavy atom. The second-order valence-corrected chi connectivity index (χ2v) is 5.18. The summed E-state index contributed by atoms with van der Waals surface area (Å²) in [5.74, 6) is 0.907. The molecule has 2 nitrogen and oxygen atoms in total. The first kappa shape index (κ1) is 13.1. The van der Waals surface area contributed by atoms with Crippen LogP contribution < -0.4 is 10.1 Å². The molecule has 0 aliphatic carbocycles. The summed E-state index contributed by atoms with van der Waals surface area (Å²) in [7, 11) is 1.69. The Hall–Kier alpha value is -1.32. The van der Waals surface area contributed by atoms with Gasteiger partial charge in [-0.25, -0.2) is 0 Å². The molecular formula is C15H19NOS. The van der Waals surface area contributed by atoms with E-state index in [4.69, 9.17) is 4.74 Å². The van der Waals surface area contributed by atoms with E-state index in [2.05, 4.69) is 41.9 Å². The average molecular weight is 261 g/mol. The van der Waals surface area contributed by atoms with Crippen molar-refractivity contribution < 1.29 is 4.74 Å². The molecule has 0 spiro atoms. The van der Waals surface area contributed by atoms with Gasteiger partial charge in [0, 0.05) is 17.5 Å². The number of methoxy groups -OCH3 is 1. The van der Waals surface area contributed by atoms with Gasteiger partial charge in [0.1, 0.15) is 5.75 Å². The van der Waals surface area contributed by atoms with Crippen molar-refractivity contribution >= 4 is 11.3 Å². The van der Waals surface area contributed by atoms with Crippen molar-refractivity contribution in [3.05, 3.63) is 52.2 Å². The van der Waals surface area contributed by atoms with Crippen LogP contribution in [0.4, 0.5) is 0 Å². The van der Waals surface area contributed by atoms with E-state index in [-0.39, 0.29) is 0 Å². The first-order valence-electron chi connectivity index (χ1n) is 6.23. The van der Waals surface area contributed by atoms with E-state index in [0.29, 0.717) is 6.04 Å². The molecule has 2 rings (SSSR count). The van der Waals surface area contributed by atoms with Gasteiger partial charge in [-0.1, -0.05) is 25.1 Å². The Kier molecular flexibility index (Phi) is 4.79. The highest BCUT2D eigenvalue weighted by Gasteiger charge is 2.09. The van der Waals surface area contributed by atoms with Crippen molar-refractivity contribution in [3.8, 4) is 5.75 Å². The van der Waals surface area contributed by atoms with Gasteiger partial charge >= 0.3 is 0 Å². The van der Waals surface area contributed by atoms with E-state index in [9.17, 15) is 0 Å². The fourth-order valence-electron chi connectivity index (χ4n) is 1.92. The molecule has 1 N–H and O–H groups in total. The molecule has 0 saturated heterocycles. The molecular weight excluding hydrogens is 242 g/mol.